The molecule has 2 atom stereocenters. The van der Waals surface area contributed by atoms with Crippen molar-refractivity contribution in [3.05, 3.63) is 0 Å². The van der Waals surface area contributed by atoms with E-state index in [2.05, 4.69) is 10.2 Å². The molecule has 1 amide bonds. The predicted octanol–water partition coefficient (Wildman–Crippen LogP) is 0.357. The average molecular weight is 248 g/mol. The number of carbonyl (C=O) groups is 1. The first kappa shape index (κ1) is 13.7. The highest BCUT2D eigenvalue weighted by atomic mass is 35.5. The van der Waals surface area contributed by atoms with Crippen LogP contribution in [0.25, 0.3) is 0 Å². The van der Waals surface area contributed by atoms with E-state index in [1.54, 1.807) is 0 Å². The van der Waals surface area contributed by atoms with Crippen LogP contribution < -0.4 is 11.1 Å². The molecule has 0 aromatic carbocycles. The summed E-state index contributed by atoms with van der Waals surface area (Å²) in [4.78, 5) is 13.5. The van der Waals surface area contributed by atoms with Crippen molar-refractivity contribution < 1.29 is 4.79 Å². The van der Waals surface area contributed by atoms with E-state index in [1.165, 1.54) is 12.8 Å². The lowest BCUT2D eigenvalue weighted by molar-refractivity contribution is -0.122. The van der Waals surface area contributed by atoms with Gasteiger partial charge in [0.15, 0.2) is 0 Å². The zero-order valence-corrected chi connectivity index (χ0v) is 10.5. The van der Waals surface area contributed by atoms with Gasteiger partial charge in [-0.2, -0.15) is 0 Å². The molecule has 16 heavy (non-hydrogen) atoms. The van der Waals surface area contributed by atoms with Crippen molar-refractivity contribution in [2.24, 2.45) is 11.7 Å². The average Bonchev–Trinajstić information content (AvgIpc) is 2.67. The van der Waals surface area contributed by atoms with Crippen LogP contribution >= 0.6 is 12.4 Å². The highest BCUT2D eigenvalue weighted by Gasteiger charge is 2.30. The lowest BCUT2D eigenvalue weighted by atomic mass is 9.99. The Morgan fingerprint density at radius 1 is 1.38 bits per heavy atom. The van der Waals surface area contributed by atoms with Crippen molar-refractivity contribution in [1.29, 1.82) is 0 Å². The summed E-state index contributed by atoms with van der Waals surface area (Å²) in [6.07, 6.45) is 4.62. The van der Waals surface area contributed by atoms with Crippen LogP contribution in [0.1, 0.15) is 25.7 Å². The van der Waals surface area contributed by atoms with E-state index in [1.807, 2.05) is 0 Å². The van der Waals surface area contributed by atoms with E-state index in [0.717, 1.165) is 39.0 Å². The minimum atomic E-state index is -0.142. The van der Waals surface area contributed by atoms with Crippen LogP contribution in [0.2, 0.25) is 0 Å². The second-order valence-electron chi connectivity index (χ2n) is 4.77. The standard InChI is InChI=1S/C11H21N3O.ClH/c12-11(15)10-4-2-6-14(10)8-9-3-1-5-13-7-9;/h9-10,13H,1-8H2,(H2,12,15);1H. The van der Waals surface area contributed by atoms with Crippen LogP contribution in [-0.2, 0) is 4.79 Å². The first-order valence-corrected chi connectivity index (χ1v) is 6.01. The van der Waals surface area contributed by atoms with E-state index >= 15 is 0 Å². The number of rotatable bonds is 3. The third kappa shape index (κ3) is 3.34. The number of piperidine rings is 1. The first-order chi connectivity index (χ1) is 7.27. The molecule has 0 radical (unpaired) electrons. The van der Waals surface area contributed by atoms with Gasteiger partial charge in [-0.3, -0.25) is 9.69 Å². The second kappa shape index (κ2) is 6.42. The lowest BCUT2D eigenvalue weighted by Gasteiger charge is -2.29. The largest absolute Gasteiger partial charge is 0.368 e. The fraction of sp³-hybridized carbons (Fsp3) is 0.909. The number of amides is 1. The summed E-state index contributed by atoms with van der Waals surface area (Å²) in [5.74, 6) is 0.565. The van der Waals surface area contributed by atoms with Crippen LogP contribution in [0.4, 0.5) is 0 Å². The van der Waals surface area contributed by atoms with Crippen molar-refractivity contribution in [1.82, 2.24) is 10.2 Å². The van der Waals surface area contributed by atoms with E-state index in [9.17, 15) is 4.79 Å². The summed E-state index contributed by atoms with van der Waals surface area (Å²) in [7, 11) is 0. The second-order valence-corrected chi connectivity index (χ2v) is 4.77. The molecule has 2 aliphatic heterocycles. The van der Waals surface area contributed by atoms with Gasteiger partial charge in [0.25, 0.3) is 0 Å². The number of hydrogen-bond donors (Lipinski definition) is 2. The molecule has 2 saturated heterocycles. The third-order valence-electron chi connectivity index (χ3n) is 3.58. The van der Waals surface area contributed by atoms with E-state index < -0.39 is 0 Å². The molecule has 0 aromatic heterocycles. The van der Waals surface area contributed by atoms with Gasteiger partial charge >= 0.3 is 0 Å². The summed E-state index contributed by atoms with van der Waals surface area (Å²) in [6, 6.07) is 0.00641. The van der Waals surface area contributed by atoms with E-state index in [-0.39, 0.29) is 24.4 Å². The van der Waals surface area contributed by atoms with Gasteiger partial charge in [0, 0.05) is 6.54 Å². The molecule has 2 aliphatic rings. The maximum Gasteiger partial charge on any atom is 0.234 e. The van der Waals surface area contributed by atoms with Crippen LogP contribution in [0.15, 0.2) is 0 Å². The Morgan fingerprint density at radius 2 is 2.19 bits per heavy atom. The molecule has 0 aliphatic carbocycles. The molecule has 0 bridgehead atoms. The van der Waals surface area contributed by atoms with Gasteiger partial charge in [-0.05, 0) is 51.2 Å². The SMILES string of the molecule is Cl.NC(=O)C1CCCN1CC1CCCNC1. The number of carbonyl (C=O) groups excluding carboxylic acids is 1. The quantitative estimate of drug-likeness (QED) is 0.757. The van der Waals surface area contributed by atoms with E-state index in [4.69, 9.17) is 5.73 Å². The number of halogens is 1. The van der Waals surface area contributed by atoms with Gasteiger partial charge in [-0.15, -0.1) is 12.4 Å². The molecule has 2 unspecified atom stereocenters. The van der Waals surface area contributed by atoms with Crippen molar-refractivity contribution >= 4 is 18.3 Å². The molecule has 2 rings (SSSR count). The van der Waals surface area contributed by atoms with Crippen molar-refractivity contribution in [3.8, 4) is 0 Å². The van der Waals surface area contributed by atoms with Crippen molar-refractivity contribution in [2.45, 2.75) is 31.7 Å². The highest BCUT2D eigenvalue weighted by Crippen LogP contribution is 2.20. The van der Waals surface area contributed by atoms with Gasteiger partial charge < -0.3 is 11.1 Å². The summed E-state index contributed by atoms with van der Waals surface area (Å²) in [6.45, 7) is 4.34. The van der Waals surface area contributed by atoms with Gasteiger partial charge in [0.1, 0.15) is 0 Å². The number of likely N-dealkylation sites (tertiary alicyclic amines) is 1. The summed E-state index contributed by atoms with van der Waals surface area (Å²) in [5.41, 5.74) is 5.40. The predicted molar refractivity (Wildman–Crippen MR) is 66.6 cm³/mol. The highest BCUT2D eigenvalue weighted by molar-refractivity contribution is 5.85. The summed E-state index contributed by atoms with van der Waals surface area (Å²) in [5, 5.41) is 3.41. The lowest BCUT2D eigenvalue weighted by Crippen LogP contribution is -2.45. The molecular weight excluding hydrogens is 226 g/mol. The van der Waals surface area contributed by atoms with Gasteiger partial charge in [0.2, 0.25) is 5.91 Å². The Kier molecular flexibility index (Phi) is 5.52. The Bertz CT molecular complexity index is 231. The molecular formula is C11H22ClN3O. The summed E-state index contributed by atoms with van der Waals surface area (Å²) < 4.78 is 0. The Morgan fingerprint density at radius 3 is 2.81 bits per heavy atom. The van der Waals surface area contributed by atoms with Crippen LogP contribution in [0.3, 0.4) is 0 Å². The first-order valence-electron chi connectivity index (χ1n) is 6.01. The fourth-order valence-electron chi connectivity index (χ4n) is 2.78. The van der Waals surface area contributed by atoms with Gasteiger partial charge in [-0.1, -0.05) is 0 Å². The molecule has 4 nitrogen and oxygen atoms in total. The van der Waals surface area contributed by atoms with Crippen LogP contribution in [0.5, 0.6) is 0 Å². The molecule has 0 aromatic rings. The normalized spacial score (nSPS) is 31.0. The van der Waals surface area contributed by atoms with Gasteiger partial charge in [0.05, 0.1) is 6.04 Å². The smallest absolute Gasteiger partial charge is 0.234 e. The Hall–Kier alpha value is -0.320. The third-order valence-corrected chi connectivity index (χ3v) is 3.58. The Labute approximate surface area is 103 Å². The fourth-order valence-corrected chi connectivity index (χ4v) is 2.78. The number of nitrogens with two attached hydrogens (primary N) is 1. The topological polar surface area (TPSA) is 58.4 Å². The van der Waals surface area contributed by atoms with Crippen molar-refractivity contribution in [3.63, 3.8) is 0 Å². The molecule has 0 spiro atoms. The van der Waals surface area contributed by atoms with Crippen LogP contribution in [-0.4, -0.2) is 43.0 Å². The minimum Gasteiger partial charge on any atom is -0.368 e. The molecule has 2 heterocycles. The Balaban J connectivity index is 0.00000128. The maximum absolute atomic E-state index is 11.2. The number of nitrogens with zero attached hydrogens (tertiary/aromatic N) is 1. The zero-order valence-electron chi connectivity index (χ0n) is 9.65. The monoisotopic (exact) mass is 247 g/mol. The number of primary amides is 1. The van der Waals surface area contributed by atoms with Crippen molar-refractivity contribution in [2.75, 3.05) is 26.2 Å². The molecule has 94 valence electrons. The molecule has 5 heteroatoms. The number of hydrogen-bond acceptors (Lipinski definition) is 3. The summed E-state index contributed by atoms with van der Waals surface area (Å²) >= 11 is 0. The van der Waals surface area contributed by atoms with Gasteiger partial charge in [-0.25, -0.2) is 0 Å². The molecule has 3 N–H and O–H groups in total. The molecule has 2 fully saturated rings. The maximum atomic E-state index is 11.2. The molecule has 0 saturated carbocycles. The van der Waals surface area contributed by atoms with Crippen LogP contribution in [0, 0.1) is 5.92 Å². The zero-order chi connectivity index (χ0) is 10.7. The minimum absolute atomic E-state index is 0. The van der Waals surface area contributed by atoms with E-state index in [0.29, 0.717) is 5.92 Å². The number of nitrogens with one attached hydrogen (secondary N) is 1.